The molecule has 0 radical (unpaired) electrons. The van der Waals surface area contributed by atoms with Crippen LogP contribution in [-0.2, 0) is 25.0 Å². The van der Waals surface area contributed by atoms with Crippen molar-refractivity contribution < 1.29 is 36.5 Å². The predicted molar refractivity (Wildman–Crippen MR) is 106 cm³/mol. The number of phosphoric acid groups is 1. The molecule has 2 aromatic rings. The van der Waals surface area contributed by atoms with Gasteiger partial charge in [0.1, 0.15) is 23.4 Å². The van der Waals surface area contributed by atoms with Gasteiger partial charge in [0.05, 0.1) is 10.7 Å². The Kier molecular flexibility index (Phi) is 4.69. The van der Waals surface area contributed by atoms with Crippen LogP contribution in [0.1, 0.15) is 33.4 Å². The zero-order valence-electron chi connectivity index (χ0n) is 19.2. The molecular weight excluding hydrogens is 458 g/mol. The van der Waals surface area contributed by atoms with Crippen molar-refractivity contribution in [2.24, 2.45) is 0 Å². The van der Waals surface area contributed by atoms with Gasteiger partial charge in [-0.3, -0.25) is 23.4 Å². The van der Waals surface area contributed by atoms with Gasteiger partial charge in [0.2, 0.25) is 5.85 Å². The third-order valence-corrected chi connectivity index (χ3v) is 5.97. The molecule has 0 saturated carbocycles. The van der Waals surface area contributed by atoms with Gasteiger partial charge in [0, 0.05) is 18.2 Å². The molecule has 13 heteroatoms. The van der Waals surface area contributed by atoms with Gasteiger partial charge in [-0.2, -0.15) is 0 Å². The number of halogens is 2. The summed E-state index contributed by atoms with van der Waals surface area (Å²) in [5.74, 6) is -3.48. The van der Waals surface area contributed by atoms with Crippen LogP contribution in [0.25, 0.3) is 0 Å². The van der Waals surface area contributed by atoms with E-state index in [1.54, 1.807) is 24.0 Å². The Morgan fingerprint density at radius 2 is 2.26 bits per heavy atom. The normalized spacial score (nSPS) is 34.4. The lowest BCUT2D eigenvalue weighted by Crippen LogP contribution is -2.36. The Hall–Kier alpha value is -2.01. The number of aliphatic hydroxyl groups excluding tert-OH is 1. The summed E-state index contributed by atoms with van der Waals surface area (Å²) in [7, 11) is -4.74. The number of hydrogen-bond acceptors (Lipinski definition) is 8. The fourth-order valence-electron chi connectivity index (χ4n) is 3.23. The first-order chi connectivity index (χ1) is 15.6. The molecule has 168 valence electrons. The Labute approximate surface area is 184 Å². The van der Waals surface area contributed by atoms with Crippen molar-refractivity contribution in [3.8, 4) is 5.75 Å². The SMILES string of the molecule is [2H]C([2H])(OP1(=O)OCc2cc(C)cc(C)c2O1)[C@]1(F)C[C@@H](O)[C@]([2H])(n2cc(Cl)c(=O)[nH]c2=O)O1. The van der Waals surface area contributed by atoms with Crippen molar-refractivity contribution in [2.75, 3.05) is 6.56 Å². The second-order valence-corrected chi connectivity index (χ2v) is 9.00. The maximum atomic E-state index is 15.7. The maximum Gasteiger partial charge on any atom is 0.530 e. The van der Waals surface area contributed by atoms with Gasteiger partial charge in [-0.25, -0.2) is 13.8 Å². The van der Waals surface area contributed by atoms with Crippen LogP contribution in [0, 0.1) is 13.8 Å². The summed E-state index contributed by atoms with van der Waals surface area (Å²) in [5, 5.41) is 9.77. The van der Waals surface area contributed by atoms with Crippen LogP contribution in [0.15, 0.2) is 27.9 Å². The second-order valence-electron chi connectivity index (χ2n) is 7.07. The zero-order chi connectivity index (χ0) is 25.3. The standard InChI is InChI=1S/C18H19ClFN2O8P/c1-9-3-10(2)14-11(4-9)7-27-31(26,30-14)28-8-18(20)5-13(23)16(29-18)22-6-12(19)15(24)21-17(22)25/h3-4,6,13,16,23H,5,7-8H2,1-2H3,(H,21,24,25)/t13-,16-,18+,31?/m1/s1/i8D2,16D. The fraction of sp³-hybridized carbons (Fsp3) is 0.444. The Morgan fingerprint density at radius 1 is 1.52 bits per heavy atom. The fourth-order valence-corrected chi connectivity index (χ4v) is 4.55. The van der Waals surface area contributed by atoms with Crippen molar-refractivity contribution in [3.05, 3.63) is 60.9 Å². The van der Waals surface area contributed by atoms with Crippen LogP contribution in [0.2, 0.25) is 5.02 Å². The van der Waals surface area contributed by atoms with Gasteiger partial charge in [-0.05, 0) is 19.4 Å². The van der Waals surface area contributed by atoms with Crippen molar-refractivity contribution >= 4 is 19.4 Å². The molecule has 1 unspecified atom stereocenters. The number of H-pyrrole nitrogens is 1. The number of fused-ring (bicyclic) bond motifs is 1. The number of ether oxygens (including phenoxy) is 1. The van der Waals surface area contributed by atoms with Crippen molar-refractivity contribution in [1.29, 1.82) is 0 Å². The second kappa shape index (κ2) is 7.84. The van der Waals surface area contributed by atoms with Gasteiger partial charge < -0.3 is 14.4 Å². The minimum absolute atomic E-state index is 0.125. The van der Waals surface area contributed by atoms with Crippen molar-refractivity contribution in [3.63, 3.8) is 0 Å². The van der Waals surface area contributed by atoms with E-state index in [9.17, 15) is 19.3 Å². The molecular formula is C18H19ClFN2O8P. The third kappa shape index (κ3) is 4.34. The molecule has 3 heterocycles. The summed E-state index contributed by atoms with van der Waals surface area (Å²) in [5.41, 5.74) is -0.320. The molecule has 2 aliphatic heterocycles. The van der Waals surface area contributed by atoms with E-state index in [1.165, 1.54) is 0 Å². The number of aliphatic hydroxyl groups is 1. The van der Waals surface area contributed by atoms with Gasteiger partial charge in [0.25, 0.3) is 5.56 Å². The van der Waals surface area contributed by atoms with Crippen LogP contribution in [-0.4, -0.2) is 33.2 Å². The summed E-state index contributed by atoms with van der Waals surface area (Å²) >= 11 is 5.66. The summed E-state index contributed by atoms with van der Waals surface area (Å²) < 4.78 is 73.5. The van der Waals surface area contributed by atoms with Crippen molar-refractivity contribution in [1.82, 2.24) is 9.55 Å². The van der Waals surface area contributed by atoms with E-state index in [0.717, 1.165) is 5.56 Å². The minimum atomic E-state index is -4.74. The molecule has 0 spiro atoms. The summed E-state index contributed by atoms with van der Waals surface area (Å²) in [6.45, 7) is -0.398. The van der Waals surface area contributed by atoms with Gasteiger partial charge in [-0.15, -0.1) is 0 Å². The summed E-state index contributed by atoms with van der Waals surface area (Å²) in [4.78, 5) is 25.4. The van der Waals surface area contributed by atoms with E-state index < -0.39 is 55.2 Å². The molecule has 0 bridgehead atoms. The number of hydrogen-bond donors (Lipinski definition) is 2. The molecule has 4 rings (SSSR count). The van der Waals surface area contributed by atoms with Crippen LogP contribution < -0.4 is 15.8 Å². The first kappa shape index (κ1) is 18.6. The monoisotopic (exact) mass is 479 g/mol. The number of nitrogens with one attached hydrogen (secondary N) is 1. The molecule has 1 aromatic carbocycles. The highest BCUT2D eigenvalue weighted by Crippen LogP contribution is 2.56. The topological polar surface area (TPSA) is 129 Å². The van der Waals surface area contributed by atoms with Crippen LogP contribution in [0.5, 0.6) is 5.75 Å². The Bertz CT molecular complexity index is 1340. The highest BCUT2D eigenvalue weighted by atomic mass is 35.5. The van der Waals surface area contributed by atoms with E-state index in [1.807, 2.05) is 6.92 Å². The number of aromatic amines is 1. The average molecular weight is 480 g/mol. The number of benzene rings is 1. The molecule has 1 saturated heterocycles. The average Bonchev–Trinajstić information content (AvgIpc) is 2.95. The highest BCUT2D eigenvalue weighted by molar-refractivity contribution is 7.49. The smallest absolute Gasteiger partial charge is 0.403 e. The Balaban J connectivity index is 1.64. The number of nitrogens with zero attached hydrogens (tertiary/aromatic N) is 1. The molecule has 31 heavy (non-hydrogen) atoms. The number of phosphoric ester groups is 1. The van der Waals surface area contributed by atoms with Gasteiger partial charge in [0.15, 0.2) is 6.20 Å². The number of aromatic nitrogens is 2. The lowest BCUT2D eigenvalue weighted by atomic mass is 10.1. The number of alkyl halides is 1. The van der Waals surface area contributed by atoms with E-state index in [2.05, 4.69) is 0 Å². The quantitative estimate of drug-likeness (QED) is 0.640. The van der Waals surface area contributed by atoms with Crippen LogP contribution >= 0.6 is 19.4 Å². The molecule has 0 aliphatic carbocycles. The molecule has 1 aromatic heterocycles. The van der Waals surface area contributed by atoms with Crippen molar-refractivity contribution in [2.45, 2.75) is 45.0 Å². The number of rotatable bonds is 4. The largest absolute Gasteiger partial charge is 0.530 e. The molecule has 2 N–H and O–H groups in total. The van der Waals surface area contributed by atoms with E-state index >= 15 is 4.39 Å². The van der Waals surface area contributed by atoms with Gasteiger partial charge in [-0.1, -0.05) is 29.3 Å². The minimum Gasteiger partial charge on any atom is -0.403 e. The van der Waals surface area contributed by atoms with E-state index in [0.29, 0.717) is 17.3 Å². The molecule has 0 amide bonds. The van der Waals surface area contributed by atoms with Gasteiger partial charge >= 0.3 is 13.5 Å². The number of aryl methyl sites for hydroxylation is 2. The molecule has 1 fully saturated rings. The van der Waals surface area contributed by atoms with Crippen LogP contribution in [0.4, 0.5) is 4.39 Å². The van der Waals surface area contributed by atoms with E-state index in [4.69, 9.17) is 34.0 Å². The first-order valence-corrected chi connectivity index (χ1v) is 10.8. The lowest BCUT2D eigenvalue weighted by Gasteiger charge is -2.28. The highest BCUT2D eigenvalue weighted by Gasteiger charge is 2.50. The molecule has 4 atom stereocenters. The molecule has 10 nitrogen and oxygen atoms in total. The molecule has 2 aliphatic rings. The predicted octanol–water partition coefficient (Wildman–Crippen LogP) is 2.49. The zero-order valence-corrected chi connectivity index (χ0v) is 17.8. The van der Waals surface area contributed by atoms with Crippen LogP contribution in [0.3, 0.4) is 0 Å². The summed E-state index contributed by atoms with van der Waals surface area (Å²) in [6, 6.07) is 3.42. The lowest BCUT2D eigenvalue weighted by molar-refractivity contribution is -0.179. The first-order valence-electron chi connectivity index (χ1n) is 10.4. The third-order valence-electron chi connectivity index (χ3n) is 4.53. The maximum absolute atomic E-state index is 15.7. The summed E-state index contributed by atoms with van der Waals surface area (Å²) in [6.07, 6.45) is -5.68. The van der Waals surface area contributed by atoms with E-state index in [-0.39, 0.29) is 16.9 Å². The Morgan fingerprint density at radius 3 is 3.00 bits per heavy atom.